The van der Waals surface area contributed by atoms with E-state index in [1.54, 1.807) is 36.5 Å². The summed E-state index contributed by atoms with van der Waals surface area (Å²) in [6.07, 6.45) is 2.76. The first kappa shape index (κ1) is 17.9. The van der Waals surface area contributed by atoms with E-state index in [4.69, 9.17) is 4.74 Å². The van der Waals surface area contributed by atoms with Gasteiger partial charge >= 0.3 is 0 Å². The van der Waals surface area contributed by atoms with Gasteiger partial charge in [-0.25, -0.2) is 0 Å². The van der Waals surface area contributed by atoms with Crippen LogP contribution in [-0.4, -0.2) is 29.1 Å². The van der Waals surface area contributed by atoms with Crippen molar-refractivity contribution in [3.05, 3.63) is 58.5 Å². The number of aryl methyl sites for hydroxylation is 1. The van der Waals surface area contributed by atoms with E-state index in [0.717, 1.165) is 6.42 Å². The maximum Gasteiger partial charge on any atom is 0.255 e. The summed E-state index contributed by atoms with van der Waals surface area (Å²) in [7, 11) is 0. The van der Waals surface area contributed by atoms with Crippen LogP contribution in [0.4, 0.5) is 11.4 Å². The molecule has 2 aromatic rings. The van der Waals surface area contributed by atoms with E-state index < -0.39 is 6.10 Å². The van der Waals surface area contributed by atoms with Crippen LogP contribution in [0, 0.1) is 0 Å². The maximum atomic E-state index is 12.5. The summed E-state index contributed by atoms with van der Waals surface area (Å²) in [5.74, 6) is -0.519. The molecule has 3 rings (SSSR count). The number of pyridine rings is 1. The van der Waals surface area contributed by atoms with Gasteiger partial charge in [0.2, 0.25) is 0 Å². The van der Waals surface area contributed by atoms with Crippen molar-refractivity contribution in [2.24, 2.45) is 0 Å². The Bertz CT molecular complexity index is 869. The minimum atomic E-state index is -0.428. The Morgan fingerprint density at radius 2 is 2.04 bits per heavy atom. The molecule has 1 saturated heterocycles. The van der Waals surface area contributed by atoms with Crippen molar-refractivity contribution in [2.75, 3.05) is 17.2 Å². The highest BCUT2D eigenvalue weighted by atomic mass is 16.5. The van der Waals surface area contributed by atoms with Crippen LogP contribution in [0.2, 0.25) is 0 Å². The Morgan fingerprint density at radius 3 is 2.77 bits per heavy atom. The lowest BCUT2D eigenvalue weighted by Crippen LogP contribution is -2.27. The zero-order chi connectivity index (χ0) is 18.5. The molecule has 7 heteroatoms. The van der Waals surface area contributed by atoms with E-state index in [1.807, 2.05) is 6.92 Å². The fourth-order valence-corrected chi connectivity index (χ4v) is 2.80. The predicted octanol–water partition coefficient (Wildman–Crippen LogP) is 2.24. The van der Waals surface area contributed by atoms with Crippen molar-refractivity contribution in [3.8, 4) is 0 Å². The number of carbonyl (C=O) groups excluding carboxylic acids is 2. The van der Waals surface area contributed by atoms with Crippen LogP contribution in [0.25, 0.3) is 0 Å². The van der Waals surface area contributed by atoms with E-state index in [0.29, 0.717) is 36.5 Å². The Balaban J connectivity index is 1.69. The van der Waals surface area contributed by atoms with Gasteiger partial charge in [-0.15, -0.1) is 0 Å². The van der Waals surface area contributed by atoms with Crippen molar-refractivity contribution in [2.45, 2.75) is 32.4 Å². The number of nitrogens with one attached hydrogen (secondary N) is 2. The van der Waals surface area contributed by atoms with Crippen LogP contribution in [0.15, 0.2) is 47.4 Å². The van der Waals surface area contributed by atoms with E-state index in [1.165, 1.54) is 10.6 Å². The van der Waals surface area contributed by atoms with Crippen LogP contribution >= 0.6 is 0 Å². The summed E-state index contributed by atoms with van der Waals surface area (Å²) in [5.41, 5.74) is 1.36. The summed E-state index contributed by atoms with van der Waals surface area (Å²) in [5, 5.41) is 5.54. The molecule has 0 saturated carbocycles. The normalized spacial score (nSPS) is 16.3. The summed E-state index contributed by atoms with van der Waals surface area (Å²) < 4.78 is 6.86. The van der Waals surface area contributed by atoms with Crippen molar-refractivity contribution in [1.29, 1.82) is 0 Å². The minimum Gasteiger partial charge on any atom is -0.368 e. The third-order valence-corrected chi connectivity index (χ3v) is 4.20. The number of hydrogen-bond acceptors (Lipinski definition) is 4. The number of nitrogens with zero attached hydrogens (tertiary/aromatic N) is 1. The smallest absolute Gasteiger partial charge is 0.255 e. The first-order valence-electron chi connectivity index (χ1n) is 8.61. The van der Waals surface area contributed by atoms with Gasteiger partial charge in [0.1, 0.15) is 6.10 Å². The second-order valence-electron chi connectivity index (χ2n) is 6.07. The molecule has 1 fully saturated rings. The highest BCUT2D eigenvalue weighted by molar-refractivity contribution is 6.05. The highest BCUT2D eigenvalue weighted by Gasteiger charge is 2.23. The quantitative estimate of drug-likeness (QED) is 0.861. The first-order valence-corrected chi connectivity index (χ1v) is 8.61. The van der Waals surface area contributed by atoms with E-state index in [-0.39, 0.29) is 17.4 Å². The second-order valence-corrected chi connectivity index (χ2v) is 6.07. The fraction of sp³-hybridized carbons (Fsp3) is 0.316. The standard InChI is InChI=1S/C19H21N3O4/c1-2-22-12-15(8-9-17(22)23)21-18(24)13-5-3-6-14(11-13)20-19(25)16-7-4-10-26-16/h3,5-6,8-9,11-12,16H,2,4,7,10H2,1H3,(H,20,25)(H,21,24)/t16-/m0/s1. The molecule has 1 aromatic carbocycles. The Kier molecular flexibility index (Phi) is 5.48. The average Bonchev–Trinajstić information content (AvgIpc) is 3.18. The van der Waals surface area contributed by atoms with Gasteiger partial charge in [-0.2, -0.15) is 0 Å². The lowest BCUT2D eigenvalue weighted by Gasteiger charge is -2.12. The Morgan fingerprint density at radius 1 is 1.19 bits per heavy atom. The van der Waals surface area contributed by atoms with Gasteiger partial charge in [0, 0.05) is 36.7 Å². The van der Waals surface area contributed by atoms with Crippen LogP contribution < -0.4 is 16.2 Å². The van der Waals surface area contributed by atoms with E-state index >= 15 is 0 Å². The molecule has 1 aliphatic heterocycles. The molecule has 2 N–H and O–H groups in total. The molecule has 7 nitrogen and oxygen atoms in total. The molecule has 0 spiro atoms. The van der Waals surface area contributed by atoms with Gasteiger partial charge in [-0.1, -0.05) is 6.07 Å². The number of aromatic nitrogens is 1. The maximum absolute atomic E-state index is 12.5. The number of benzene rings is 1. The topological polar surface area (TPSA) is 89.4 Å². The van der Waals surface area contributed by atoms with Crippen LogP contribution in [0.5, 0.6) is 0 Å². The van der Waals surface area contributed by atoms with Crippen LogP contribution in [0.3, 0.4) is 0 Å². The van der Waals surface area contributed by atoms with Crippen LogP contribution in [-0.2, 0) is 16.1 Å². The highest BCUT2D eigenvalue weighted by Crippen LogP contribution is 2.17. The molecule has 0 radical (unpaired) electrons. The molecule has 0 aliphatic carbocycles. The monoisotopic (exact) mass is 355 g/mol. The molecule has 2 heterocycles. The number of carbonyl (C=O) groups is 2. The molecule has 1 aliphatic rings. The summed E-state index contributed by atoms with van der Waals surface area (Å²) in [4.78, 5) is 36.2. The molecule has 2 amide bonds. The summed E-state index contributed by atoms with van der Waals surface area (Å²) >= 11 is 0. The fourth-order valence-electron chi connectivity index (χ4n) is 2.80. The first-order chi connectivity index (χ1) is 12.6. The molecule has 0 bridgehead atoms. The number of rotatable bonds is 5. The van der Waals surface area contributed by atoms with Crippen molar-refractivity contribution in [3.63, 3.8) is 0 Å². The van der Waals surface area contributed by atoms with E-state index in [2.05, 4.69) is 10.6 Å². The number of ether oxygens (including phenoxy) is 1. The summed E-state index contributed by atoms with van der Waals surface area (Å²) in [6, 6.07) is 9.67. The minimum absolute atomic E-state index is 0.121. The third kappa shape index (κ3) is 4.18. The molecule has 26 heavy (non-hydrogen) atoms. The zero-order valence-corrected chi connectivity index (χ0v) is 14.5. The average molecular weight is 355 g/mol. The van der Waals surface area contributed by atoms with Gasteiger partial charge in [0.15, 0.2) is 0 Å². The van der Waals surface area contributed by atoms with Crippen molar-refractivity contribution >= 4 is 23.2 Å². The van der Waals surface area contributed by atoms with Gasteiger partial charge in [-0.05, 0) is 44.0 Å². The molecular formula is C19H21N3O4. The third-order valence-electron chi connectivity index (χ3n) is 4.20. The number of hydrogen-bond donors (Lipinski definition) is 2. The van der Waals surface area contributed by atoms with Gasteiger partial charge < -0.3 is 19.9 Å². The second kappa shape index (κ2) is 7.97. The zero-order valence-electron chi connectivity index (χ0n) is 14.5. The van der Waals surface area contributed by atoms with Crippen molar-refractivity contribution < 1.29 is 14.3 Å². The van der Waals surface area contributed by atoms with Gasteiger partial charge in [0.05, 0.1) is 5.69 Å². The molecule has 136 valence electrons. The number of amides is 2. The molecular weight excluding hydrogens is 334 g/mol. The lowest BCUT2D eigenvalue weighted by atomic mass is 10.1. The van der Waals surface area contributed by atoms with Crippen LogP contribution in [0.1, 0.15) is 30.1 Å². The Hall–Kier alpha value is -2.93. The summed E-state index contributed by atoms with van der Waals surface area (Å²) in [6.45, 7) is 2.97. The SMILES string of the molecule is CCn1cc(NC(=O)c2cccc(NC(=O)[C@@H]3CCCO3)c2)ccc1=O. The molecule has 0 unspecified atom stereocenters. The van der Waals surface area contributed by atoms with Crippen molar-refractivity contribution in [1.82, 2.24) is 4.57 Å². The molecule has 1 aromatic heterocycles. The Labute approximate surface area is 151 Å². The number of anilines is 2. The predicted molar refractivity (Wildman–Crippen MR) is 98.4 cm³/mol. The van der Waals surface area contributed by atoms with E-state index in [9.17, 15) is 14.4 Å². The lowest BCUT2D eigenvalue weighted by molar-refractivity contribution is -0.124. The van der Waals surface area contributed by atoms with Gasteiger partial charge in [0.25, 0.3) is 17.4 Å². The largest absolute Gasteiger partial charge is 0.368 e. The van der Waals surface area contributed by atoms with Gasteiger partial charge in [-0.3, -0.25) is 14.4 Å². The molecule has 1 atom stereocenters.